The van der Waals surface area contributed by atoms with E-state index in [1.165, 1.54) is 6.26 Å². The Hall–Kier alpha value is -1.34. The molecule has 2 heterocycles. The van der Waals surface area contributed by atoms with Crippen molar-refractivity contribution in [1.82, 2.24) is 5.32 Å². The Bertz CT molecular complexity index is 466. The van der Waals surface area contributed by atoms with Gasteiger partial charge in [0.1, 0.15) is 6.04 Å². The first-order valence-corrected chi connectivity index (χ1v) is 6.73. The molecule has 7 heteroatoms. The van der Waals surface area contributed by atoms with Gasteiger partial charge in [-0.2, -0.15) is 0 Å². The summed E-state index contributed by atoms with van der Waals surface area (Å²) in [6, 6.07) is 0.610. The van der Waals surface area contributed by atoms with Gasteiger partial charge in [0.2, 0.25) is 5.76 Å². The van der Waals surface area contributed by atoms with Crippen LogP contribution in [0.1, 0.15) is 23.4 Å². The maximum absolute atomic E-state index is 11.9. The summed E-state index contributed by atoms with van der Waals surface area (Å²) in [5.41, 5.74) is 0. The predicted molar refractivity (Wildman–Crippen MR) is 68.8 cm³/mol. The highest BCUT2D eigenvalue weighted by molar-refractivity contribution is 9.10. The van der Waals surface area contributed by atoms with Crippen molar-refractivity contribution in [3.8, 4) is 0 Å². The van der Waals surface area contributed by atoms with Gasteiger partial charge in [-0.25, -0.2) is 4.79 Å². The number of carboxylic acid groups (broad SMARTS) is 1. The number of rotatable bonds is 4. The molecule has 2 atom stereocenters. The van der Waals surface area contributed by atoms with Crippen molar-refractivity contribution in [3.05, 3.63) is 22.6 Å². The van der Waals surface area contributed by atoms with Crippen LogP contribution in [0.15, 0.2) is 21.2 Å². The van der Waals surface area contributed by atoms with E-state index in [0.29, 0.717) is 17.7 Å². The summed E-state index contributed by atoms with van der Waals surface area (Å²) in [6.45, 7) is 0.983. The number of halogens is 1. The standard InChI is InChI=1S/C12H14BrNO5/c13-8-3-5-19-10(8)11(15)14-9(12(16)17)7-2-1-4-18-6-7/h3,5,7,9H,1-2,4,6H2,(H,14,15)(H,16,17). The third-order valence-electron chi connectivity index (χ3n) is 3.04. The molecular weight excluding hydrogens is 318 g/mol. The van der Waals surface area contributed by atoms with Gasteiger partial charge in [0.05, 0.1) is 17.3 Å². The molecule has 2 N–H and O–H groups in total. The molecule has 0 spiro atoms. The molecule has 0 bridgehead atoms. The first-order chi connectivity index (χ1) is 9.09. The van der Waals surface area contributed by atoms with Gasteiger partial charge >= 0.3 is 5.97 Å². The molecular formula is C12H14BrNO5. The van der Waals surface area contributed by atoms with Gasteiger partial charge in [0.15, 0.2) is 0 Å². The molecule has 0 aliphatic carbocycles. The maximum Gasteiger partial charge on any atom is 0.326 e. The lowest BCUT2D eigenvalue weighted by Gasteiger charge is -2.27. The topological polar surface area (TPSA) is 88.8 Å². The fraction of sp³-hybridized carbons (Fsp3) is 0.500. The number of carbonyl (C=O) groups is 2. The summed E-state index contributed by atoms with van der Waals surface area (Å²) in [6.07, 6.45) is 2.88. The lowest BCUT2D eigenvalue weighted by molar-refractivity contribution is -0.142. The average Bonchev–Trinajstić information content (AvgIpc) is 2.82. The molecule has 2 rings (SSSR count). The van der Waals surface area contributed by atoms with E-state index in [4.69, 9.17) is 9.15 Å². The van der Waals surface area contributed by atoms with Crippen LogP contribution in [0.2, 0.25) is 0 Å². The van der Waals surface area contributed by atoms with Gasteiger partial charge in [-0.1, -0.05) is 0 Å². The zero-order valence-electron chi connectivity index (χ0n) is 10.1. The van der Waals surface area contributed by atoms with Gasteiger partial charge in [-0.05, 0) is 34.8 Å². The fourth-order valence-electron chi connectivity index (χ4n) is 2.07. The molecule has 19 heavy (non-hydrogen) atoms. The molecule has 0 aromatic carbocycles. The Morgan fingerprint density at radius 3 is 2.84 bits per heavy atom. The van der Waals surface area contributed by atoms with Crippen LogP contribution >= 0.6 is 15.9 Å². The number of ether oxygens (including phenoxy) is 1. The van der Waals surface area contributed by atoms with Gasteiger partial charge in [-0.15, -0.1) is 0 Å². The Kier molecular flexibility index (Phi) is 4.60. The van der Waals surface area contributed by atoms with E-state index in [9.17, 15) is 14.7 Å². The minimum absolute atomic E-state index is 0.0722. The van der Waals surface area contributed by atoms with Crippen molar-refractivity contribution >= 4 is 27.8 Å². The number of carboxylic acids is 1. The van der Waals surface area contributed by atoms with E-state index >= 15 is 0 Å². The van der Waals surface area contributed by atoms with Gasteiger partial charge < -0.3 is 19.6 Å². The van der Waals surface area contributed by atoms with Crippen molar-refractivity contribution in [1.29, 1.82) is 0 Å². The second kappa shape index (κ2) is 6.21. The fourth-order valence-corrected chi connectivity index (χ4v) is 2.45. The first-order valence-electron chi connectivity index (χ1n) is 5.94. The van der Waals surface area contributed by atoms with Crippen molar-refractivity contribution in [2.45, 2.75) is 18.9 Å². The summed E-state index contributed by atoms with van der Waals surface area (Å²) in [4.78, 5) is 23.2. The zero-order chi connectivity index (χ0) is 13.8. The summed E-state index contributed by atoms with van der Waals surface area (Å²) in [7, 11) is 0. The average molecular weight is 332 g/mol. The van der Waals surface area contributed by atoms with Gasteiger partial charge in [0, 0.05) is 12.5 Å². The molecule has 1 aliphatic heterocycles. The van der Waals surface area contributed by atoms with E-state index in [1.54, 1.807) is 6.07 Å². The normalized spacial score (nSPS) is 20.8. The van der Waals surface area contributed by atoms with Gasteiger partial charge in [0.25, 0.3) is 5.91 Å². The van der Waals surface area contributed by atoms with E-state index in [2.05, 4.69) is 21.2 Å². The van der Waals surface area contributed by atoms with Crippen LogP contribution in [0.4, 0.5) is 0 Å². The Balaban J connectivity index is 2.06. The minimum atomic E-state index is -1.06. The number of hydrogen-bond acceptors (Lipinski definition) is 4. The second-order valence-electron chi connectivity index (χ2n) is 4.36. The van der Waals surface area contributed by atoms with Crippen molar-refractivity contribution in [3.63, 3.8) is 0 Å². The quantitative estimate of drug-likeness (QED) is 0.875. The summed E-state index contributed by atoms with van der Waals surface area (Å²) >= 11 is 3.16. The lowest BCUT2D eigenvalue weighted by atomic mass is 9.93. The van der Waals surface area contributed by atoms with Crippen LogP contribution in [0.5, 0.6) is 0 Å². The molecule has 0 saturated carbocycles. The Morgan fingerprint density at radius 1 is 1.53 bits per heavy atom. The summed E-state index contributed by atoms with van der Waals surface area (Å²) in [5.74, 6) is -1.76. The lowest BCUT2D eigenvalue weighted by Crippen LogP contribution is -2.48. The van der Waals surface area contributed by atoms with Gasteiger partial charge in [-0.3, -0.25) is 4.79 Å². The van der Waals surface area contributed by atoms with Crippen molar-refractivity contribution in [2.75, 3.05) is 13.2 Å². The summed E-state index contributed by atoms with van der Waals surface area (Å²) in [5, 5.41) is 11.7. The second-order valence-corrected chi connectivity index (χ2v) is 5.22. The first kappa shape index (κ1) is 14.1. The highest BCUT2D eigenvalue weighted by atomic mass is 79.9. The zero-order valence-corrected chi connectivity index (χ0v) is 11.7. The van der Waals surface area contributed by atoms with E-state index in [1.807, 2.05) is 0 Å². The van der Waals surface area contributed by atoms with Crippen LogP contribution in [-0.4, -0.2) is 36.2 Å². The largest absolute Gasteiger partial charge is 0.480 e. The third kappa shape index (κ3) is 3.36. The van der Waals surface area contributed by atoms with E-state index < -0.39 is 17.9 Å². The summed E-state index contributed by atoms with van der Waals surface area (Å²) < 4.78 is 10.8. The van der Waals surface area contributed by atoms with E-state index in [0.717, 1.165) is 12.8 Å². The number of furan rings is 1. The smallest absolute Gasteiger partial charge is 0.326 e. The van der Waals surface area contributed by atoms with Crippen LogP contribution in [0, 0.1) is 5.92 Å². The van der Waals surface area contributed by atoms with Crippen LogP contribution in [0.25, 0.3) is 0 Å². The minimum Gasteiger partial charge on any atom is -0.480 e. The molecule has 1 fully saturated rings. The molecule has 2 unspecified atom stereocenters. The van der Waals surface area contributed by atoms with Crippen LogP contribution in [0.3, 0.4) is 0 Å². The molecule has 6 nitrogen and oxygen atoms in total. The molecule has 1 aromatic rings. The highest BCUT2D eigenvalue weighted by Crippen LogP contribution is 2.20. The number of nitrogens with one attached hydrogen (secondary N) is 1. The SMILES string of the molecule is O=C(NC(C(=O)O)C1CCCOC1)c1occc1Br. The number of carbonyl (C=O) groups excluding carboxylic acids is 1. The Morgan fingerprint density at radius 2 is 2.32 bits per heavy atom. The molecule has 104 valence electrons. The van der Waals surface area contributed by atoms with Crippen LogP contribution in [-0.2, 0) is 9.53 Å². The van der Waals surface area contributed by atoms with Crippen LogP contribution < -0.4 is 5.32 Å². The van der Waals surface area contributed by atoms with Crippen molar-refractivity contribution < 1.29 is 23.8 Å². The highest BCUT2D eigenvalue weighted by Gasteiger charge is 2.32. The maximum atomic E-state index is 11.9. The molecule has 1 saturated heterocycles. The third-order valence-corrected chi connectivity index (χ3v) is 3.67. The molecule has 1 amide bonds. The Labute approximate surface area is 118 Å². The number of amides is 1. The van der Waals surface area contributed by atoms with Crippen molar-refractivity contribution in [2.24, 2.45) is 5.92 Å². The molecule has 1 aliphatic rings. The number of hydrogen-bond donors (Lipinski definition) is 2. The molecule has 0 radical (unpaired) electrons. The van der Waals surface area contributed by atoms with E-state index in [-0.39, 0.29) is 11.7 Å². The monoisotopic (exact) mass is 331 g/mol. The molecule has 1 aromatic heterocycles. The number of aliphatic carboxylic acids is 1. The predicted octanol–water partition coefficient (Wildman–Crippen LogP) is 1.65.